The molecule has 1 N–H and O–H groups in total. The third kappa shape index (κ3) is 3.82. The molecule has 0 bridgehead atoms. The van der Waals surface area contributed by atoms with Crippen molar-refractivity contribution in [3.63, 3.8) is 0 Å². The number of aromatic nitrogens is 1. The van der Waals surface area contributed by atoms with Gasteiger partial charge in [-0.3, -0.25) is 9.59 Å². The Morgan fingerprint density at radius 3 is 2.56 bits per heavy atom. The normalized spacial score (nSPS) is 11.6. The van der Waals surface area contributed by atoms with Gasteiger partial charge in [-0.2, -0.15) is 0 Å². The fourth-order valence-corrected chi connectivity index (χ4v) is 3.42. The second kappa shape index (κ2) is 6.84. The van der Waals surface area contributed by atoms with E-state index in [4.69, 9.17) is 0 Å². The van der Waals surface area contributed by atoms with Crippen molar-refractivity contribution < 1.29 is 9.59 Å². The minimum atomic E-state index is -0.462. The van der Waals surface area contributed by atoms with E-state index in [-0.39, 0.29) is 18.2 Å². The van der Waals surface area contributed by atoms with Gasteiger partial charge in [0, 0.05) is 33.0 Å². The largest absolute Gasteiger partial charge is 0.350 e. The number of carbonyl (C=O) groups excluding carboxylic acids is 2. The van der Waals surface area contributed by atoms with Gasteiger partial charge < -0.3 is 9.88 Å². The molecule has 0 fully saturated rings. The summed E-state index contributed by atoms with van der Waals surface area (Å²) in [5.74, 6) is 0.0188. The molecule has 2 heterocycles. The Hall–Kier alpha value is -2.40. The number of nitrogens with one attached hydrogen (secondary N) is 1. The minimum Gasteiger partial charge on any atom is -0.350 e. The third-order valence-electron chi connectivity index (χ3n) is 4.07. The highest BCUT2D eigenvalue weighted by Crippen LogP contribution is 2.28. The van der Waals surface area contributed by atoms with Crippen molar-refractivity contribution >= 4 is 33.9 Å². The van der Waals surface area contributed by atoms with E-state index in [0.29, 0.717) is 12.1 Å². The van der Waals surface area contributed by atoms with E-state index in [1.165, 1.54) is 0 Å². The zero-order chi connectivity index (χ0) is 18.0. The summed E-state index contributed by atoms with van der Waals surface area (Å²) in [6.07, 6.45) is 1.81. The quantitative estimate of drug-likeness (QED) is 0.697. The van der Waals surface area contributed by atoms with Gasteiger partial charge in [0.05, 0.1) is 6.54 Å². The number of thiophene rings is 1. The summed E-state index contributed by atoms with van der Waals surface area (Å²) in [6, 6.07) is 11.7. The molecule has 0 spiro atoms. The summed E-state index contributed by atoms with van der Waals surface area (Å²) in [7, 11) is 0. The van der Waals surface area contributed by atoms with Gasteiger partial charge in [-0.05, 0) is 17.5 Å². The standard InChI is InChI=1S/C20H22N2O2S/c1-20(2,3)19(24)16-12-22(17-9-5-4-8-15(16)17)13-18(23)21-11-14-7-6-10-25-14/h4-10,12H,11,13H2,1-3H3,(H,21,23). The predicted octanol–water partition coefficient (Wildman–Crippen LogP) is 4.25. The fourth-order valence-electron chi connectivity index (χ4n) is 2.77. The monoisotopic (exact) mass is 354 g/mol. The van der Waals surface area contributed by atoms with Crippen LogP contribution >= 0.6 is 11.3 Å². The number of benzene rings is 1. The molecule has 1 amide bonds. The molecule has 3 rings (SSSR count). The Bertz CT molecular complexity index is 902. The van der Waals surface area contributed by atoms with Crippen LogP contribution in [0.2, 0.25) is 0 Å². The molecule has 3 aromatic rings. The average molecular weight is 354 g/mol. The lowest BCUT2D eigenvalue weighted by Crippen LogP contribution is -2.26. The van der Waals surface area contributed by atoms with Crippen molar-refractivity contribution in [3.05, 3.63) is 58.4 Å². The van der Waals surface area contributed by atoms with Gasteiger partial charge >= 0.3 is 0 Å². The van der Waals surface area contributed by atoms with Crippen molar-refractivity contribution in [1.29, 1.82) is 0 Å². The van der Waals surface area contributed by atoms with Gasteiger partial charge in [0.1, 0.15) is 6.54 Å². The Morgan fingerprint density at radius 1 is 1.12 bits per heavy atom. The highest BCUT2D eigenvalue weighted by Gasteiger charge is 2.26. The van der Waals surface area contributed by atoms with Crippen LogP contribution in [0.3, 0.4) is 0 Å². The van der Waals surface area contributed by atoms with Crippen LogP contribution in [0.5, 0.6) is 0 Å². The van der Waals surface area contributed by atoms with Crippen LogP contribution < -0.4 is 5.32 Å². The number of para-hydroxylation sites is 1. The first kappa shape index (κ1) is 17.4. The van der Waals surface area contributed by atoms with E-state index in [9.17, 15) is 9.59 Å². The van der Waals surface area contributed by atoms with Crippen LogP contribution in [0.1, 0.15) is 36.0 Å². The molecule has 0 aliphatic rings. The SMILES string of the molecule is CC(C)(C)C(=O)c1cn(CC(=O)NCc2cccs2)c2ccccc12. The first-order chi connectivity index (χ1) is 11.9. The van der Waals surface area contributed by atoms with Crippen LogP contribution in [-0.4, -0.2) is 16.3 Å². The molecule has 0 unspecified atom stereocenters. The zero-order valence-electron chi connectivity index (χ0n) is 14.7. The lowest BCUT2D eigenvalue weighted by Gasteiger charge is -2.15. The van der Waals surface area contributed by atoms with E-state index in [2.05, 4.69) is 5.32 Å². The molecular weight excluding hydrogens is 332 g/mol. The lowest BCUT2D eigenvalue weighted by molar-refractivity contribution is -0.121. The number of rotatable bonds is 5. The van der Waals surface area contributed by atoms with Crippen molar-refractivity contribution in [2.75, 3.05) is 0 Å². The Morgan fingerprint density at radius 2 is 1.88 bits per heavy atom. The highest BCUT2D eigenvalue weighted by molar-refractivity contribution is 7.09. The molecule has 0 atom stereocenters. The summed E-state index contributed by atoms with van der Waals surface area (Å²) in [5.41, 5.74) is 1.12. The number of fused-ring (bicyclic) bond motifs is 1. The predicted molar refractivity (Wildman–Crippen MR) is 102 cm³/mol. The number of hydrogen-bond acceptors (Lipinski definition) is 3. The van der Waals surface area contributed by atoms with Crippen LogP contribution in [-0.2, 0) is 17.9 Å². The average Bonchev–Trinajstić information content (AvgIpc) is 3.20. The van der Waals surface area contributed by atoms with E-state index in [0.717, 1.165) is 15.8 Å². The van der Waals surface area contributed by atoms with Gasteiger partial charge in [0.15, 0.2) is 5.78 Å². The van der Waals surface area contributed by atoms with Crippen LogP contribution in [0.4, 0.5) is 0 Å². The number of Topliss-reactive ketones (excluding diaryl/α,β-unsaturated/α-hetero) is 1. The molecule has 1 aromatic carbocycles. The minimum absolute atomic E-state index is 0.0658. The molecule has 0 saturated carbocycles. The second-order valence-electron chi connectivity index (χ2n) is 7.12. The molecule has 2 aromatic heterocycles. The summed E-state index contributed by atoms with van der Waals surface area (Å²) < 4.78 is 1.86. The summed E-state index contributed by atoms with van der Waals surface area (Å²) in [6.45, 7) is 6.46. The molecule has 25 heavy (non-hydrogen) atoms. The molecule has 0 saturated heterocycles. The van der Waals surface area contributed by atoms with Gasteiger partial charge in [0.2, 0.25) is 5.91 Å². The highest BCUT2D eigenvalue weighted by atomic mass is 32.1. The van der Waals surface area contributed by atoms with Crippen LogP contribution in [0.15, 0.2) is 48.0 Å². The van der Waals surface area contributed by atoms with Crippen LogP contribution in [0, 0.1) is 5.41 Å². The maximum atomic E-state index is 12.7. The number of carbonyl (C=O) groups is 2. The first-order valence-corrected chi connectivity index (χ1v) is 9.16. The number of nitrogens with zero attached hydrogens (tertiary/aromatic N) is 1. The van der Waals surface area contributed by atoms with Crippen molar-refractivity contribution in [1.82, 2.24) is 9.88 Å². The van der Waals surface area contributed by atoms with E-state index in [1.54, 1.807) is 11.3 Å². The third-order valence-corrected chi connectivity index (χ3v) is 4.94. The summed E-state index contributed by atoms with van der Waals surface area (Å²) in [4.78, 5) is 26.2. The fraction of sp³-hybridized carbons (Fsp3) is 0.300. The van der Waals surface area contributed by atoms with Gasteiger partial charge in [-0.15, -0.1) is 11.3 Å². The Labute approximate surface area is 151 Å². The van der Waals surface area contributed by atoms with Crippen molar-refractivity contribution in [2.24, 2.45) is 5.41 Å². The molecule has 0 aliphatic heterocycles. The molecular formula is C20H22N2O2S. The maximum Gasteiger partial charge on any atom is 0.240 e. The van der Waals surface area contributed by atoms with Gasteiger partial charge in [0.25, 0.3) is 0 Å². The van der Waals surface area contributed by atoms with E-state index in [1.807, 2.05) is 73.3 Å². The zero-order valence-corrected chi connectivity index (χ0v) is 15.5. The Kier molecular flexibility index (Phi) is 4.77. The van der Waals surface area contributed by atoms with Crippen LogP contribution in [0.25, 0.3) is 10.9 Å². The molecule has 0 radical (unpaired) electrons. The van der Waals surface area contributed by atoms with Gasteiger partial charge in [-0.1, -0.05) is 45.0 Å². The summed E-state index contributed by atoms with van der Waals surface area (Å²) in [5, 5.41) is 5.82. The molecule has 5 heteroatoms. The number of hydrogen-bond donors (Lipinski definition) is 1. The molecule has 130 valence electrons. The molecule has 0 aliphatic carbocycles. The first-order valence-electron chi connectivity index (χ1n) is 8.28. The van der Waals surface area contributed by atoms with Crippen molar-refractivity contribution in [3.8, 4) is 0 Å². The smallest absolute Gasteiger partial charge is 0.240 e. The molecule has 4 nitrogen and oxygen atoms in total. The summed E-state index contributed by atoms with van der Waals surface area (Å²) >= 11 is 1.62. The van der Waals surface area contributed by atoms with E-state index < -0.39 is 5.41 Å². The van der Waals surface area contributed by atoms with E-state index >= 15 is 0 Å². The number of amides is 1. The van der Waals surface area contributed by atoms with Gasteiger partial charge in [-0.25, -0.2) is 0 Å². The Balaban J connectivity index is 1.84. The maximum absolute atomic E-state index is 12.7. The van der Waals surface area contributed by atoms with Crippen molar-refractivity contribution in [2.45, 2.75) is 33.9 Å². The lowest BCUT2D eigenvalue weighted by atomic mass is 9.86. The topological polar surface area (TPSA) is 51.1 Å². The number of ketones is 1. The second-order valence-corrected chi connectivity index (χ2v) is 8.16.